The van der Waals surface area contributed by atoms with Gasteiger partial charge in [-0.1, -0.05) is 64.7 Å². The Morgan fingerprint density at radius 3 is 1.67 bits per heavy atom. The third-order valence-electron chi connectivity index (χ3n) is 3.63. The fraction of sp³-hybridized carbons (Fsp3) is 1.00. The third-order valence-corrected chi connectivity index (χ3v) is 5.93. The van der Waals surface area contributed by atoms with E-state index in [1.165, 1.54) is 44.9 Å². The van der Waals surface area contributed by atoms with Crippen LogP contribution in [0.15, 0.2) is 0 Å². The molecular formula is C16H36NO3P. The van der Waals surface area contributed by atoms with Gasteiger partial charge in [0.25, 0.3) is 0 Å². The summed E-state index contributed by atoms with van der Waals surface area (Å²) >= 11 is 0. The first kappa shape index (κ1) is 21.1. The zero-order valence-corrected chi connectivity index (χ0v) is 15.2. The number of hydrogen-bond acceptors (Lipinski definition) is 4. The molecule has 0 fully saturated rings. The third kappa shape index (κ3) is 10.5. The van der Waals surface area contributed by atoms with Crippen molar-refractivity contribution in [3.63, 3.8) is 0 Å². The minimum atomic E-state index is -3.11. The summed E-state index contributed by atoms with van der Waals surface area (Å²) in [6, 6.07) is 0. The van der Waals surface area contributed by atoms with E-state index in [9.17, 15) is 4.57 Å². The van der Waals surface area contributed by atoms with Gasteiger partial charge in [0.2, 0.25) is 0 Å². The molecule has 0 radical (unpaired) electrons. The SMILES string of the molecule is CCCCCCCCCCCC(N)P(=O)(OCC)OCC. The van der Waals surface area contributed by atoms with Crippen molar-refractivity contribution in [1.29, 1.82) is 0 Å². The van der Waals surface area contributed by atoms with Gasteiger partial charge in [-0.2, -0.15) is 0 Å². The molecule has 2 N–H and O–H groups in total. The predicted octanol–water partition coefficient (Wildman–Crippen LogP) is 5.46. The maximum absolute atomic E-state index is 12.4. The normalized spacial score (nSPS) is 13.5. The van der Waals surface area contributed by atoms with E-state index in [-0.39, 0.29) is 0 Å². The Morgan fingerprint density at radius 2 is 1.24 bits per heavy atom. The van der Waals surface area contributed by atoms with Crippen LogP contribution in [0.25, 0.3) is 0 Å². The fourth-order valence-corrected chi connectivity index (χ4v) is 4.09. The van der Waals surface area contributed by atoms with Gasteiger partial charge in [-0.05, 0) is 20.3 Å². The van der Waals surface area contributed by atoms with Gasteiger partial charge in [0.1, 0.15) is 5.78 Å². The summed E-state index contributed by atoms with van der Waals surface area (Å²) in [5.74, 6) is -0.484. The summed E-state index contributed by atoms with van der Waals surface area (Å²) in [5.41, 5.74) is 6.01. The molecule has 1 atom stereocenters. The molecule has 0 aliphatic carbocycles. The van der Waals surface area contributed by atoms with Crippen LogP contribution in [0, 0.1) is 0 Å². The first-order valence-corrected chi connectivity index (χ1v) is 10.4. The second kappa shape index (κ2) is 13.8. The molecule has 0 saturated heterocycles. The smallest absolute Gasteiger partial charge is 0.318 e. The van der Waals surface area contributed by atoms with Crippen LogP contribution in [0.2, 0.25) is 0 Å². The van der Waals surface area contributed by atoms with Gasteiger partial charge >= 0.3 is 7.60 Å². The fourth-order valence-electron chi connectivity index (χ4n) is 2.41. The van der Waals surface area contributed by atoms with Crippen LogP contribution in [0.1, 0.15) is 85.0 Å². The molecule has 21 heavy (non-hydrogen) atoms. The lowest BCUT2D eigenvalue weighted by molar-refractivity contribution is 0.210. The zero-order valence-electron chi connectivity index (χ0n) is 14.3. The van der Waals surface area contributed by atoms with E-state index >= 15 is 0 Å². The van der Waals surface area contributed by atoms with Crippen molar-refractivity contribution in [2.45, 2.75) is 90.8 Å². The van der Waals surface area contributed by atoms with E-state index in [1.54, 1.807) is 0 Å². The maximum Gasteiger partial charge on any atom is 0.347 e. The number of rotatable bonds is 15. The van der Waals surface area contributed by atoms with Crippen LogP contribution >= 0.6 is 7.60 Å². The Balaban J connectivity index is 3.68. The second-order valence-electron chi connectivity index (χ2n) is 5.56. The average Bonchev–Trinajstić information content (AvgIpc) is 2.45. The Hall–Kier alpha value is 0.110. The lowest BCUT2D eigenvalue weighted by Crippen LogP contribution is -2.23. The van der Waals surface area contributed by atoms with E-state index in [0.29, 0.717) is 19.6 Å². The molecule has 1 unspecified atom stereocenters. The average molecular weight is 321 g/mol. The van der Waals surface area contributed by atoms with E-state index in [4.69, 9.17) is 14.8 Å². The van der Waals surface area contributed by atoms with E-state index < -0.39 is 13.4 Å². The molecule has 0 saturated carbocycles. The van der Waals surface area contributed by atoms with Crippen LogP contribution < -0.4 is 5.73 Å². The van der Waals surface area contributed by atoms with E-state index in [1.807, 2.05) is 13.8 Å². The molecule has 128 valence electrons. The summed E-state index contributed by atoms with van der Waals surface area (Å²) in [4.78, 5) is 0. The Labute approximate surface area is 131 Å². The zero-order chi connectivity index (χ0) is 16.0. The molecule has 5 heteroatoms. The van der Waals surface area contributed by atoms with Crippen LogP contribution in [0.4, 0.5) is 0 Å². The van der Waals surface area contributed by atoms with E-state index in [2.05, 4.69) is 6.92 Å². The Kier molecular flexibility index (Phi) is 13.8. The van der Waals surface area contributed by atoms with Crippen molar-refractivity contribution in [1.82, 2.24) is 0 Å². The first-order chi connectivity index (χ1) is 10.1. The molecule has 0 aliphatic heterocycles. The Bertz CT molecular complexity index is 264. The molecule has 4 nitrogen and oxygen atoms in total. The minimum Gasteiger partial charge on any atom is -0.318 e. The van der Waals surface area contributed by atoms with Crippen LogP contribution in [-0.4, -0.2) is 19.0 Å². The van der Waals surface area contributed by atoms with Crippen LogP contribution in [-0.2, 0) is 13.6 Å². The highest BCUT2D eigenvalue weighted by atomic mass is 31.2. The monoisotopic (exact) mass is 321 g/mol. The minimum absolute atomic E-state index is 0.378. The summed E-state index contributed by atoms with van der Waals surface area (Å²) < 4.78 is 23.0. The maximum atomic E-state index is 12.4. The lowest BCUT2D eigenvalue weighted by Gasteiger charge is -2.23. The van der Waals surface area contributed by atoms with Crippen molar-refractivity contribution >= 4 is 7.60 Å². The number of unbranched alkanes of at least 4 members (excludes halogenated alkanes) is 8. The summed E-state index contributed by atoms with van der Waals surface area (Å²) in [6.45, 7) is 6.63. The van der Waals surface area contributed by atoms with Crippen molar-refractivity contribution in [3.8, 4) is 0 Å². The molecule has 0 aliphatic rings. The molecule has 0 amide bonds. The molecular weight excluding hydrogens is 285 g/mol. The van der Waals surface area contributed by atoms with Gasteiger partial charge in [0, 0.05) is 0 Å². The van der Waals surface area contributed by atoms with Crippen molar-refractivity contribution < 1.29 is 13.6 Å². The van der Waals surface area contributed by atoms with Gasteiger partial charge in [0.05, 0.1) is 13.2 Å². The van der Waals surface area contributed by atoms with Crippen LogP contribution in [0.5, 0.6) is 0 Å². The Morgan fingerprint density at radius 1 is 0.810 bits per heavy atom. The highest BCUT2D eigenvalue weighted by Gasteiger charge is 2.31. The van der Waals surface area contributed by atoms with Gasteiger partial charge < -0.3 is 14.8 Å². The summed E-state index contributed by atoms with van der Waals surface area (Å²) in [6.07, 6.45) is 12.1. The molecule has 0 spiro atoms. The highest BCUT2D eigenvalue weighted by molar-refractivity contribution is 7.54. The van der Waals surface area contributed by atoms with Crippen molar-refractivity contribution in [3.05, 3.63) is 0 Å². The van der Waals surface area contributed by atoms with Gasteiger partial charge in [-0.3, -0.25) is 4.57 Å². The van der Waals surface area contributed by atoms with Gasteiger partial charge in [-0.25, -0.2) is 0 Å². The molecule has 0 aromatic heterocycles. The van der Waals surface area contributed by atoms with Crippen molar-refractivity contribution in [2.24, 2.45) is 5.73 Å². The summed E-state index contributed by atoms with van der Waals surface area (Å²) in [7, 11) is -3.11. The highest BCUT2D eigenvalue weighted by Crippen LogP contribution is 2.52. The number of nitrogens with two attached hydrogens (primary N) is 1. The molecule has 0 aromatic carbocycles. The molecule has 0 heterocycles. The predicted molar refractivity (Wildman–Crippen MR) is 90.7 cm³/mol. The second-order valence-corrected chi connectivity index (χ2v) is 7.82. The van der Waals surface area contributed by atoms with Gasteiger partial charge in [-0.15, -0.1) is 0 Å². The van der Waals surface area contributed by atoms with Crippen LogP contribution in [0.3, 0.4) is 0 Å². The molecule has 0 rings (SSSR count). The van der Waals surface area contributed by atoms with Gasteiger partial charge in [0.15, 0.2) is 0 Å². The topological polar surface area (TPSA) is 61.6 Å². The first-order valence-electron chi connectivity index (χ1n) is 8.75. The quantitative estimate of drug-likeness (QED) is 0.321. The largest absolute Gasteiger partial charge is 0.347 e. The van der Waals surface area contributed by atoms with Crippen molar-refractivity contribution in [2.75, 3.05) is 13.2 Å². The lowest BCUT2D eigenvalue weighted by atomic mass is 10.1. The van der Waals surface area contributed by atoms with E-state index in [0.717, 1.165) is 12.8 Å². The summed E-state index contributed by atoms with van der Waals surface area (Å²) in [5, 5.41) is 0. The standard InChI is InChI=1S/C16H36NO3P/c1-4-7-8-9-10-11-12-13-14-15-16(17)21(18,19-5-2)20-6-3/h16H,4-15,17H2,1-3H3. The molecule has 0 aromatic rings. The number of hydrogen-bond donors (Lipinski definition) is 1. The molecule has 0 bridgehead atoms.